The predicted molar refractivity (Wildman–Crippen MR) is 141 cm³/mol. The Kier molecular flexibility index (Phi) is 6.71. The van der Waals surface area contributed by atoms with Crippen LogP contribution in [0, 0.1) is 5.92 Å². The lowest BCUT2D eigenvalue weighted by atomic mass is 9.75. The summed E-state index contributed by atoms with van der Waals surface area (Å²) in [5.74, 6) is 0.153. The molecule has 1 amide bonds. The lowest BCUT2D eigenvalue weighted by Crippen LogP contribution is -2.49. The van der Waals surface area contributed by atoms with E-state index in [1.54, 1.807) is 18.5 Å². The van der Waals surface area contributed by atoms with Gasteiger partial charge in [0.1, 0.15) is 12.2 Å². The molecule has 1 aromatic heterocycles. The first kappa shape index (κ1) is 26.9. The molecule has 0 aliphatic carbocycles. The molecular weight excluding hydrogens is 523 g/mol. The van der Waals surface area contributed by atoms with Gasteiger partial charge in [-0.2, -0.15) is 13.2 Å². The second-order valence-corrected chi connectivity index (χ2v) is 11.5. The van der Waals surface area contributed by atoms with E-state index in [-0.39, 0.29) is 35.4 Å². The molecule has 0 unspecified atom stereocenters. The van der Waals surface area contributed by atoms with E-state index in [1.165, 1.54) is 4.90 Å². The number of aliphatic hydroxyl groups excluding tert-OH is 1. The number of nitrogens with zero attached hydrogens (tertiary/aromatic N) is 5. The highest BCUT2D eigenvalue weighted by atomic mass is 19.4. The summed E-state index contributed by atoms with van der Waals surface area (Å²) in [5, 5.41) is 18.7. The molecule has 2 saturated heterocycles. The van der Waals surface area contributed by atoms with Gasteiger partial charge in [0.15, 0.2) is 0 Å². The maximum Gasteiger partial charge on any atom is 0.416 e. The van der Waals surface area contributed by atoms with Crippen molar-refractivity contribution in [2.45, 2.75) is 43.5 Å². The van der Waals surface area contributed by atoms with Crippen molar-refractivity contribution >= 4 is 11.6 Å². The molecule has 1 N–H and O–H groups in total. The number of anilines is 1. The van der Waals surface area contributed by atoms with Crippen LogP contribution in [0.4, 0.5) is 18.9 Å². The molecule has 6 rings (SSSR count). The molecule has 2 fully saturated rings. The number of halogens is 3. The van der Waals surface area contributed by atoms with Crippen LogP contribution in [0.25, 0.3) is 0 Å². The van der Waals surface area contributed by atoms with Gasteiger partial charge < -0.3 is 24.2 Å². The molecule has 3 aliphatic heterocycles. The summed E-state index contributed by atoms with van der Waals surface area (Å²) in [5.41, 5.74) is 0.839. The van der Waals surface area contributed by atoms with E-state index in [4.69, 9.17) is 4.74 Å². The SMILES string of the molecule is CN1CC[C@H](O)[C@H](Cc2cc3c(c(C(F)(F)F)c2)CN(c2cccc(C4(Cc5nncn5C)COC4)c2)C3=O)C1. The molecule has 2 aromatic carbocycles. The molecule has 0 bridgehead atoms. The second kappa shape index (κ2) is 9.97. The van der Waals surface area contributed by atoms with Gasteiger partial charge in [-0.25, -0.2) is 0 Å². The van der Waals surface area contributed by atoms with Crippen LogP contribution in [0.5, 0.6) is 0 Å². The summed E-state index contributed by atoms with van der Waals surface area (Å²) in [6.07, 6.45) is -2.12. The standard InChI is InChI=1S/C29H32F3N5O3/c1-35-7-6-25(38)19(13-35)8-18-9-22-23(24(10-18)29(30,31)32)14-37(27(22)39)21-5-3-4-20(11-21)28(15-40-16-28)12-26-34-33-17-36(26)2/h3-5,9-11,17,19,25,38H,6-8,12-16H2,1-2H3/t19-,25+/m1/s1. The molecule has 11 heteroatoms. The molecule has 0 saturated carbocycles. The van der Waals surface area contributed by atoms with Crippen LogP contribution in [-0.4, -0.2) is 70.1 Å². The van der Waals surface area contributed by atoms with Crippen molar-refractivity contribution in [3.63, 3.8) is 0 Å². The minimum absolute atomic E-state index is 0.00580. The summed E-state index contributed by atoms with van der Waals surface area (Å²) in [6.45, 7) is 2.12. The Bertz CT molecular complexity index is 1430. The predicted octanol–water partition coefficient (Wildman–Crippen LogP) is 3.36. The second-order valence-electron chi connectivity index (χ2n) is 11.5. The first-order chi connectivity index (χ1) is 19.0. The van der Waals surface area contributed by atoms with E-state index in [0.29, 0.717) is 43.9 Å². The third-order valence-corrected chi connectivity index (χ3v) is 8.63. The van der Waals surface area contributed by atoms with E-state index < -0.39 is 23.8 Å². The van der Waals surface area contributed by atoms with Crippen molar-refractivity contribution in [1.82, 2.24) is 19.7 Å². The highest BCUT2D eigenvalue weighted by Crippen LogP contribution is 2.42. The van der Waals surface area contributed by atoms with Crippen LogP contribution >= 0.6 is 0 Å². The maximum absolute atomic E-state index is 14.3. The average molecular weight is 556 g/mol. The van der Waals surface area contributed by atoms with Crippen molar-refractivity contribution in [3.8, 4) is 0 Å². The number of amides is 1. The van der Waals surface area contributed by atoms with E-state index in [2.05, 4.69) is 15.1 Å². The molecule has 3 aromatic rings. The monoisotopic (exact) mass is 555 g/mol. The van der Waals surface area contributed by atoms with Gasteiger partial charge in [0, 0.05) is 49.1 Å². The Morgan fingerprint density at radius 1 is 1.18 bits per heavy atom. The van der Waals surface area contributed by atoms with Crippen molar-refractivity contribution < 1.29 is 27.8 Å². The van der Waals surface area contributed by atoms with Crippen LogP contribution in [0.15, 0.2) is 42.7 Å². The minimum Gasteiger partial charge on any atom is -0.393 e. The van der Waals surface area contributed by atoms with Crippen LogP contribution < -0.4 is 4.90 Å². The number of aromatic nitrogens is 3. The Hall–Kier alpha value is -3.28. The Labute approximate surface area is 230 Å². The average Bonchev–Trinajstić information content (AvgIpc) is 3.45. The molecule has 0 spiro atoms. The first-order valence-corrected chi connectivity index (χ1v) is 13.5. The van der Waals surface area contributed by atoms with Crippen molar-refractivity contribution in [2.75, 3.05) is 38.3 Å². The van der Waals surface area contributed by atoms with Gasteiger partial charge >= 0.3 is 6.18 Å². The summed E-state index contributed by atoms with van der Waals surface area (Å²) in [4.78, 5) is 17.1. The van der Waals surface area contributed by atoms with Crippen molar-refractivity contribution in [2.24, 2.45) is 13.0 Å². The molecule has 0 radical (unpaired) electrons. The number of likely N-dealkylation sites (tertiary alicyclic amines) is 1. The highest BCUT2D eigenvalue weighted by molar-refractivity contribution is 6.10. The van der Waals surface area contributed by atoms with Crippen LogP contribution in [0.2, 0.25) is 0 Å². The number of carbonyl (C=O) groups is 1. The zero-order valence-electron chi connectivity index (χ0n) is 22.5. The van der Waals surface area contributed by atoms with Gasteiger partial charge in [0.05, 0.1) is 31.4 Å². The summed E-state index contributed by atoms with van der Waals surface area (Å²) < 4.78 is 50.2. The summed E-state index contributed by atoms with van der Waals surface area (Å²) in [7, 11) is 3.81. The summed E-state index contributed by atoms with van der Waals surface area (Å²) >= 11 is 0. The van der Waals surface area contributed by atoms with E-state index >= 15 is 0 Å². The number of aliphatic hydroxyl groups is 1. The largest absolute Gasteiger partial charge is 0.416 e. The van der Waals surface area contributed by atoms with Crippen LogP contribution in [-0.2, 0) is 42.8 Å². The Morgan fingerprint density at radius 2 is 1.98 bits per heavy atom. The number of hydrogen-bond acceptors (Lipinski definition) is 6. The lowest BCUT2D eigenvalue weighted by molar-refractivity contribution is -0.138. The quantitative estimate of drug-likeness (QED) is 0.503. The van der Waals surface area contributed by atoms with Gasteiger partial charge in [-0.15, -0.1) is 10.2 Å². The molecule has 2 atom stereocenters. The van der Waals surface area contributed by atoms with Crippen LogP contribution in [0.1, 0.15) is 44.9 Å². The number of hydrogen-bond donors (Lipinski definition) is 1. The smallest absolute Gasteiger partial charge is 0.393 e. The number of carbonyl (C=O) groups excluding carboxylic acids is 1. The number of piperidine rings is 1. The zero-order valence-corrected chi connectivity index (χ0v) is 22.5. The van der Waals surface area contributed by atoms with Crippen molar-refractivity contribution in [3.05, 3.63) is 76.4 Å². The van der Waals surface area contributed by atoms with E-state index in [9.17, 15) is 23.1 Å². The third kappa shape index (κ3) is 4.80. The third-order valence-electron chi connectivity index (χ3n) is 8.63. The lowest BCUT2D eigenvalue weighted by Gasteiger charge is -2.42. The Morgan fingerprint density at radius 3 is 2.65 bits per heavy atom. The van der Waals surface area contributed by atoms with Gasteiger partial charge in [0.25, 0.3) is 5.91 Å². The first-order valence-electron chi connectivity index (χ1n) is 13.5. The molecular formula is C29H32F3N5O3. The van der Waals surface area contributed by atoms with E-state index in [1.807, 2.05) is 36.9 Å². The number of aryl methyl sites for hydroxylation is 1. The van der Waals surface area contributed by atoms with Gasteiger partial charge in [-0.1, -0.05) is 12.1 Å². The van der Waals surface area contributed by atoms with Crippen molar-refractivity contribution in [1.29, 1.82) is 0 Å². The normalized spacial score (nSPS) is 22.9. The van der Waals surface area contributed by atoms with Gasteiger partial charge in [-0.3, -0.25) is 4.79 Å². The number of rotatable bonds is 6. The fraction of sp³-hybridized carbons (Fsp3) is 0.483. The highest BCUT2D eigenvalue weighted by Gasteiger charge is 2.44. The maximum atomic E-state index is 14.3. The zero-order chi connectivity index (χ0) is 28.2. The molecule has 8 nitrogen and oxygen atoms in total. The Balaban J connectivity index is 1.31. The molecule has 212 valence electrons. The topological polar surface area (TPSA) is 83.7 Å². The minimum atomic E-state index is -4.61. The molecule has 4 heterocycles. The molecule has 40 heavy (non-hydrogen) atoms. The number of ether oxygens (including phenoxy) is 1. The number of benzene rings is 2. The number of alkyl halides is 3. The fourth-order valence-electron chi connectivity index (χ4n) is 6.25. The number of fused-ring (bicyclic) bond motifs is 1. The molecule has 3 aliphatic rings. The van der Waals surface area contributed by atoms with Crippen LogP contribution in [0.3, 0.4) is 0 Å². The van der Waals surface area contributed by atoms with E-state index in [0.717, 1.165) is 24.0 Å². The van der Waals surface area contributed by atoms with Gasteiger partial charge in [-0.05, 0) is 60.8 Å². The van der Waals surface area contributed by atoms with Gasteiger partial charge in [0.2, 0.25) is 0 Å². The fourth-order valence-corrected chi connectivity index (χ4v) is 6.25. The summed E-state index contributed by atoms with van der Waals surface area (Å²) in [6, 6.07) is 10.2.